The predicted molar refractivity (Wildman–Crippen MR) is 53.2 cm³/mol. The van der Waals surface area contributed by atoms with Crippen molar-refractivity contribution in [2.75, 3.05) is 6.54 Å². The summed E-state index contributed by atoms with van der Waals surface area (Å²) >= 11 is 0. The van der Waals surface area contributed by atoms with Gasteiger partial charge in [-0.1, -0.05) is 0 Å². The van der Waals surface area contributed by atoms with Crippen molar-refractivity contribution in [3.63, 3.8) is 0 Å². The fourth-order valence-corrected chi connectivity index (χ4v) is 1.84. The number of amides is 1. The number of carboxylic acid groups (broad SMARTS) is 1. The standard InChI is InChI=1S/C10H17NO4/c1-6(12)5-11-9(13)7-2-3-8(4-7)10(14)15/h6-8,12H,2-5H2,1H3,(H,11,13)(H,14,15). The van der Waals surface area contributed by atoms with Crippen molar-refractivity contribution >= 4 is 11.9 Å². The molecule has 5 heteroatoms. The van der Waals surface area contributed by atoms with E-state index >= 15 is 0 Å². The Labute approximate surface area is 88.5 Å². The first-order valence-electron chi connectivity index (χ1n) is 5.19. The summed E-state index contributed by atoms with van der Waals surface area (Å²) in [7, 11) is 0. The van der Waals surface area contributed by atoms with Gasteiger partial charge in [-0.2, -0.15) is 0 Å². The van der Waals surface area contributed by atoms with E-state index in [0.717, 1.165) is 0 Å². The Morgan fingerprint density at radius 3 is 2.47 bits per heavy atom. The first-order valence-corrected chi connectivity index (χ1v) is 5.19. The monoisotopic (exact) mass is 215 g/mol. The minimum Gasteiger partial charge on any atom is -0.481 e. The topological polar surface area (TPSA) is 86.6 Å². The molecule has 1 aliphatic rings. The molecule has 3 atom stereocenters. The summed E-state index contributed by atoms with van der Waals surface area (Å²) in [6, 6.07) is 0. The Morgan fingerprint density at radius 1 is 1.40 bits per heavy atom. The van der Waals surface area contributed by atoms with Gasteiger partial charge in [0.2, 0.25) is 5.91 Å². The third kappa shape index (κ3) is 3.51. The summed E-state index contributed by atoms with van der Waals surface area (Å²) < 4.78 is 0. The average molecular weight is 215 g/mol. The van der Waals surface area contributed by atoms with E-state index < -0.39 is 12.1 Å². The average Bonchev–Trinajstić information content (AvgIpc) is 2.62. The highest BCUT2D eigenvalue weighted by Crippen LogP contribution is 2.30. The van der Waals surface area contributed by atoms with Crippen LogP contribution >= 0.6 is 0 Å². The SMILES string of the molecule is CC(O)CNC(=O)C1CCC(C(=O)O)C1. The molecule has 5 nitrogen and oxygen atoms in total. The van der Waals surface area contributed by atoms with Crippen LogP contribution < -0.4 is 5.32 Å². The van der Waals surface area contributed by atoms with Gasteiger partial charge in [-0.15, -0.1) is 0 Å². The van der Waals surface area contributed by atoms with Crippen molar-refractivity contribution in [1.82, 2.24) is 5.32 Å². The number of aliphatic hydroxyl groups excluding tert-OH is 1. The first kappa shape index (κ1) is 12.0. The number of aliphatic carboxylic acids is 1. The van der Waals surface area contributed by atoms with Gasteiger partial charge in [-0.3, -0.25) is 9.59 Å². The highest BCUT2D eigenvalue weighted by molar-refractivity contribution is 5.80. The molecule has 0 aromatic carbocycles. The van der Waals surface area contributed by atoms with Gasteiger partial charge in [-0.05, 0) is 26.2 Å². The minimum atomic E-state index is -0.819. The molecule has 0 heterocycles. The second kappa shape index (κ2) is 5.11. The zero-order valence-electron chi connectivity index (χ0n) is 8.77. The number of hydrogen-bond donors (Lipinski definition) is 3. The first-order chi connectivity index (χ1) is 7.00. The highest BCUT2D eigenvalue weighted by Gasteiger charge is 2.33. The van der Waals surface area contributed by atoms with Crippen LogP contribution in [-0.2, 0) is 9.59 Å². The molecule has 3 unspecified atom stereocenters. The molecule has 0 saturated heterocycles. The van der Waals surface area contributed by atoms with Crippen LogP contribution in [0.25, 0.3) is 0 Å². The van der Waals surface area contributed by atoms with Crippen LogP contribution in [0.3, 0.4) is 0 Å². The van der Waals surface area contributed by atoms with E-state index in [1.54, 1.807) is 6.92 Å². The number of carboxylic acids is 1. The normalized spacial score (nSPS) is 27.3. The zero-order valence-corrected chi connectivity index (χ0v) is 8.77. The van der Waals surface area contributed by atoms with E-state index in [0.29, 0.717) is 19.3 Å². The molecule has 0 aromatic heterocycles. The van der Waals surface area contributed by atoms with E-state index in [4.69, 9.17) is 10.2 Å². The molecular weight excluding hydrogens is 198 g/mol. The Morgan fingerprint density at radius 2 is 2.00 bits per heavy atom. The van der Waals surface area contributed by atoms with Gasteiger partial charge in [-0.25, -0.2) is 0 Å². The van der Waals surface area contributed by atoms with Crippen molar-refractivity contribution in [1.29, 1.82) is 0 Å². The molecule has 1 aliphatic carbocycles. The quantitative estimate of drug-likeness (QED) is 0.615. The lowest BCUT2D eigenvalue weighted by molar-refractivity contribution is -0.141. The van der Waals surface area contributed by atoms with Crippen LogP contribution in [0.15, 0.2) is 0 Å². The molecule has 1 amide bonds. The highest BCUT2D eigenvalue weighted by atomic mass is 16.4. The number of carbonyl (C=O) groups is 2. The second-order valence-electron chi connectivity index (χ2n) is 4.14. The van der Waals surface area contributed by atoms with Gasteiger partial charge in [0.25, 0.3) is 0 Å². The van der Waals surface area contributed by atoms with E-state index in [1.807, 2.05) is 0 Å². The van der Waals surface area contributed by atoms with Gasteiger partial charge in [0.05, 0.1) is 12.0 Å². The molecule has 0 spiro atoms. The fourth-order valence-electron chi connectivity index (χ4n) is 1.84. The Balaban J connectivity index is 2.33. The minimum absolute atomic E-state index is 0.139. The molecule has 1 rings (SSSR count). The summed E-state index contributed by atoms with van der Waals surface area (Å²) in [5, 5.41) is 20.3. The summed E-state index contributed by atoms with van der Waals surface area (Å²) in [5.41, 5.74) is 0. The van der Waals surface area contributed by atoms with Gasteiger partial charge in [0, 0.05) is 12.5 Å². The molecule has 15 heavy (non-hydrogen) atoms. The summed E-state index contributed by atoms with van der Waals surface area (Å²) in [4.78, 5) is 22.2. The molecule has 86 valence electrons. The van der Waals surface area contributed by atoms with Crippen LogP contribution in [-0.4, -0.2) is 34.7 Å². The number of hydrogen-bond acceptors (Lipinski definition) is 3. The molecule has 0 bridgehead atoms. The van der Waals surface area contributed by atoms with Crippen LogP contribution in [0.4, 0.5) is 0 Å². The van der Waals surface area contributed by atoms with Gasteiger partial charge in [0.15, 0.2) is 0 Å². The molecule has 0 aliphatic heterocycles. The van der Waals surface area contributed by atoms with Crippen LogP contribution in [0.2, 0.25) is 0 Å². The lowest BCUT2D eigenvalue weighted by atomic mass is 10.0. The smallest absolute Gasteiger partial charge is 0.306 e. The van der Waals surface area contributed by atoms with Crippen molar-refractivity contribution in [2.45, 2.75) is 32.3 Å². The number of rotatable bonds is 4. The van der Waals surface area contributed by atoms with Crippen molar-refractivity contribution in [2.24, 2.45) is 11.8 Å². The number of nitrogens with one attached hydrogen (secondary N) is 1. The van der Waals surface area contributed by atoms with Gasteiger partial charge in [0.1, 0.15) is 0 Å². The zero-order chi connectivity index (χ0) is 11.4. The maximum atomic E-state index is 11.5. The largest absolute Gasteiger partial charge is 0.481 e. The van der Waals surface area contributed by atoms with E-state index in [9.17, 15) is 9.59 Å². The lowest BCUT2D eigenvalue weighted by Gasteiger charge is -2.11. The third-order valence-corrected chi connectivity index (χ3v) is 2.72. The van der Waals surface area contributed by atoms with Crippen molar-refractivity contribution in [3.05, 3.63) is 0 Å². The maximum absolute atomic E-state index is 11.5. The maximum Gasteiger partial charge on any atom is 0.306 e. The summed E-state index contributed by atoms with van der Waals surface area (Å²) in [6.07, 6.45) is 1.05. The molecule has 1 fully saturated rings. The predicted octanol–water partition coefficient (Wildman–Crippen LogP) is -0.0157. The lowest BCUT2D eigenvalue weighted by Crippen LogP contribution is -2.34. The second-order valence-corrected chi connectivity index (χ2v) is 4.14. The van der Waals surface area contributed by atoms with Gasteiger partial charge < -0.3 is 15.5 Å². The Hall–Kier alpha value is -1.10. The van der Waals surface area contributed by atoms with Gasteiger partial charge >= 0.3 is 5.97 Å². The van der Waals surface area contributed by atoms with E-state index in [-0.39, 0.29) is 24.3 Å². The summed E-state index contributed by atoms with van der Waals surface area (Å²) in [6.45, 7) is 1.82. The van der Waals surface area contributed by atoms with Crippen LogP contribution in [0.1, 0.15) is 26.2 Å². The molecule has 0 aromatic rings. The molecule has 3 N–H and O–H groups in total. The van der Waals surface area contributed by atoms with Crippen molar-refractivity contribution in [3.8, 4) is 0 Å². The van der Waals surface area contributed by atoms with E-state index in [1.165, 1.54) is 0 Å². The third-order valence-electron chi connectivity index (χ3n) is 2.72. The number of aliphatic hydroxyl groups is 1. The number of carbonyl (C=O) groups excluding carboxylic acids is 1. The van der Waals surface area contributed by atoms with Crippen LogP contribution in [0.5, 0.6) is 0 Å². The van der Waals surface area contributed by atoms with Crippen LogP contribution in [0, 0.1) is 11.8 Å². The molecular formula is C10H17NO4. The Bertz CT molecular complexity index is 252. The molecule has 0 radical (unpaired) electrons. The van der Waals surface area contributed by atoms with E-state index in [2.05, 4.69) is 5.32 Å². The molecule has 1 saturated carbocycles. The Kier molecular flexibility index (Phi) is 4.08. The van der Waals surface area contributed by atoms with Crippen molar-refractivity contribution < 1.29 is 19.8 Å². The fraction of sp³-hybridized carbons (Fsp3) is 0.800. The summed E-state index contributed by atoms with van der Waals surface area (Å²) in [5.74, 6) is -1.54.